The van der Waals surface area contributed by atoms with Gasteiger partial charge in [-0.1, -0.05) is 11.8 Å². The first kappa shape index (κ1) is 15.0. The number of primary amides is 1. The number of esters is 1. The van der Waals surface area contributed by atoms with Crippen LogP contribution in [0.3, 0.4) is 0 Å². The van der Waals surface area contributed by atoms with E-state index in [0.29, 0.717) is 5.17 Å². The van der Waals surface area contributed by atoms with Gasteiger partial charge in [0, 0.05) is 7.05 Å². The van der Waals surface area contributed by atoms with Gasteiger partial charge in [-0.15, -0.1) is 0 Å². The molecule has 10 heteroatoms. The Hall–Kier alpha value is -2.36. The molecule has 1 aliphatic rings. The smallest absolute Gasteiger partial charge is 0.307 e. The number of thioether (sulfide) groups is 1. The van der Waals surface area contributed by atoms with Gasteiger partial charge in [-0.25, -0.2) is 9.98 Å². The Labute approximate surface area is 123 Å². The monoisotopic (exact) mass is 311 g/mol. The molecule has 3 N–H and O–H groups in total. The molecule has 1 atom stereocenters. The molecule has 0 aliphatic carbocycles. The Morgan fingerprint density at radius 2 is 2.33 bits per heavy atom. The first-order chi connectivity index (χ1) is 9.93. The summed E-state index contributed by atoms with van der Waals surface area (Å²) in [4.78, 5) is 46.4. The number of amides is 2. The van der Waals surface area contributed by atoms with Crippen LogP contribution in [0.5, 0.6) is 0 Å². The van der Waals surface area contributed by atoms with Gasteiger partial charge in [-0.2, -0.15) is 0 Å². The lowest BCUT2D eigenvalue weighted by Crippen LogP contribution is -2.29. The minimum atomic E-state index is -0.699. The maximum absolute atomic E-state index is 12.0. The van der Waals surface area contributed by atoms with E-state index in [1.807, 2.05) is 0 Å². The SMILES string of the molecule is COC(=O)CC1S/C(=N\c2nc[nH]c2C(N)=O)N(C)C1=O. The van der Waals surface area contributed by atoms with Crippen molar-refractivity contribution in [2.24, 2.45) is 10.7 Å². The first-order valence-electron chi connectivity index (χ1n) is 5.87. The highest BCUT2D eigenvalue weighted by Gasteiger charge is 2.37. The number of hydrogen-bond donors (Lipinski definition) is 2. The van der Waals surface area contributed by atoms with Crippen LogP contribution in [0.4, 0.5) is 5.82 Å². The Morgan fingerprint density at radius 1 is 1.62 bits per heavy atom. The zero-order valence-electron chi connectivity index (χ0n) is 11.3. The number of hydrogen-bond acceptors (Lipinski definition) is 7. The summed E-state index contributed by atoms with van der Waals surface area (Å²) in [6, 6.07) is 0. The summed E-state index contributed by atoms with van der Waals surface area (Å²) in [6.45, 7) is 0. The van der Waals surface area contributed by atoms with Crippen molar-refractivity contribution in [1.82, 2.24) is 14.9 Å². The molecular weight excluding hydrogens is 298 g/mol. The minimum Gasteiger partial charge on any atom is -0.469 e. The molecule has 1 fully saturated rings. The fourth-order valence-corrected chi connectivity index (χ4v) is 2.80. The van der Waals surface area contributed by atoms with Crippen molar-refractivity contribution < 1.29 is 19.1 Å². The number of nitrogens with zero attached hydrogens (tertiary/aromatic N) is 3. The summed E-state index contributed by atoms with van der Waals surface area (Å²) >= 11 is 1.11. The molecule has 0 bridgehead atoms. The summed E-state index contributed by atoms with van der Waals surface area (Å²) in [5.74, 6) is -1.34. The summed E-state index contributed by atoms with van der Waals surface area (Å²) in [6.07, 6.45) is 1.24. The lowest BCUT2D eigenvalue weighted by atomic mass is 10.3. The zero-order chi connectivity index (χ0) is 15.6. The Kier molecular flexibility index (Phi) is 4.26. The Bertz CT molecular complexity index is 626. The number of methoxy groups -OCH3 is 1. The topological polar surface area (TPSA) is 131 Å². The van der Waals surface area contributed by atoms with Crippen molar-refractivity contribution in [2.75, 3.05) is 14.2 Å². The van der Waals surface area contributed by atoms with Gasteiger partial charge in [-0.3, -0.25) is 19.3 Å². The van der Waals surface area contributed by atoms with Gasteiger partial charge in [-0.05, 0) is 0 Å². The Morgan fingerprint density at radius 3 is 2.95 bits per heavy atom. The summed E-state index contributed by atoms with van der Waals surface area (Å²) in [5, 5.41) is -0.263. The minimum absolute atomic E-state index is 0.0490. The second-order valence-electron chi connectivity index (χ2n) is 4.14. The maximum atomic E-state index is 12.0. The lowest BCUT2D eigenvalue weighted by molar-refractivity contribution is -0.142. The predicted octanol–water partition coefficient (Wildman–Crippen LogP) is -0.367. The number of H-pyrrole nitrogens is 1. The quantitative estimate of drug-likeness (QED) is 0.730. The van der Waals surface area contributed by atoms with Crippen LogP contribution in [0.2, 0.25) is 0 Å². The maximum Gasteiger partial charge on any atom is 0.307 e. The van der Waals surface area contributed by atoms with Gasteiger partial charge >= 0.3 is 5.97 Å². The van der Waals surface area contributed by atoms with Gasteiger partial charge in [0.05, 0.1) is 19.9 Å². The molecule has 1 aromatic rings. The highest BCUT2D eigenvalue weighted by molar-refractivity contribution is 8.15. The molecule has 2 heterocycles. The second-order valence-corrected chi connectivity index (χ2v) is 5.31. The summed E-state index contributed by atoms with van der Waals surface area (Å²) in [7, 11) is 2.79. The third kappa shape index (κ3) is 3.05. The number of carbonyl (C=O) groups is 3. The molecule has 1 unspecified atom stereocenters. The summed E-state index contributed by atoms with van der Waals surface area (Å²) < 4.78 is 4.55. The van der Waals surface area contributed by atoms with Gasteiger partial charge < -0.3 is 15.5 Å². The number of ether oxygens (including phenoxy) is 1. The average Bonchev–Trinajstić information content (AvgIpc) is 3.00. The molecule has 1 aliphatic heterocycles. The molecule has 2 rings (SSSR count). The van der Waals surface area contributed by atoms with Crippen LogP contribution in [0, 0.1) is 0 Å². The fraction of sp³-hybridized carbons (Fsp3) is 0.364. The third-order valence-electron chi connectivity index (χ3n) is 2.79. The fourth-order valence-electron chi connectivity index (χ4n) is 1.68. The van der Waals surface area contributed by atoms with E-state index in [1.54, 1.807) is 0 Å². The number of nitrogens with two attached hydrogens (primary N) is 1. The average molecular weight is 311 g/mol. The molecule has 1 aromatic heterocycles. The van der Waals surface area contributed by atoms with Crippen LogP contribution in [-0.4, -0.2) is 57.2 Å². The molecule has 0 aromatic carbocycles. The molecule has 1 saturated heterocycles. The number of aliphatic imine (C=N–C) groups is 1. The van der Waals surface area contributed by atoms with Crippen molar-refractivity contribution in [2.45, 2.75) is 11.7 Å². The first-order valence-corrected chi connectivity index (χ1v) is 6.75. The number of aromatic amines is 1. The Balaban J connectivity index is 2.22. The molecule has 0 spiro atoms. The largest absolute Gasteiger partial charge is 0.469 e. The van der Waals surface area contributed by atoms with E-state index in [9.17, 15) is 14.4 Å². The molecule has 0 radical (unpaired) electrons. The third-order valence-corrected chi connectivity index (χ3v) is 4.02. The number of imidazole rings is 1. The second kappa shape index (κ2) is 5.95. The number of rotatable bonds is 4. The number of carbonyl (C=O) groups excluding carboxylic acids is 3. The van der Waals surface area contributed by atoms with Crippen LogP contribution in [0.25, 0.3) is 0 Å². The van der Waals surface area contributed by atoms with Crippen molar-refractivity contribution in [1.29, 1.82) is 0 Å². The highest BCUT2D eigenvalue weighted by Crippen LogP contribution is 2.30. The van der Waals surface area contributed by atoms with Gasteiger partial charge in [0.15, 0.2) is 16.7 Å². The van der Waals surface area contributed by atoms with Crippen LogP contribution < -0.4 is 5.73 Å². The molecule has 9 nitrogen and oxygen atoms in total. The molecule has 0 saturated carbocycles. The van der Waals surface area contributed by atoms with E-state index in [0.717, 1.165) is 11.8 Å². The van der Waals surface area contributed by atoms with E-state index < -0.39 is 17.1 Å². The van der Waals surface area contributed by atoms with Crippen molar-refractivity contribution in [3.05, 3.63) is 12.0 Å². The van der Waals surface area contributed by atoms with Crippen molar-refractivity contribution in [3.8, 4) is 0 Å². The number of nitrogens with one attached hydrogen (secondary N) is 1. The van der Waals surface area contributed by atoms with E-state index >= 15 is 0 Å². The lowest BCUT2D eigenvalue weighted by Gasteiger charge is -2.07. The number of amidine groups is 1. The number of aromatic nitrogens is 2. The van der Waals surface area contributed by atoms with Gasteiger partial charge in [0.1, 0.15) is 5.25 Å². The van der Waals surface area contributed by atoms with Crippen LogP contribution in [0.15, 0.2) is 11.3 Å². The van der Waals surface area contributed by atoms with E-state index in [4.69, 9.17) is 5.73 Å². The van der Waals surface area contributed by atoms with E-state index in [2.05, 4.69) is 19.7 Å². The molecule has 2 amide bonds. The predicted molar refractivity (Wildman–Crippen MR) is 75.0 cm³/mol. The highest BCUT2D eigenvalue weighted by atomic mass is 32.2. The zero-order valence-corrected chi connectivity index (χ0v) is 12.1. The van der Waals surface area contributed by atoms with Gasteiger partial charge in [0.2, 0.25) is 5.91 Å². The molecular formula is C11H13N5O4S. The van der Waals surface area contributed by atoms with Crippen LogP contribution >= 0.6 is 11.8 Å². The van der Waals surface area contributed by atoms with Crippen LogP contribution in [-0.2, 0) is 14.3 Å². The van der Waals surface area contributed by atoms with Crippen molar-refractivity contribution >= 4 is 40.5 Å². The molecule has 21 heavy (non-hydrogen) atoms. The van der Waals surface area contributed by atoms with E-state index in [1.165, 1.54) is 25.4 Å². The van der Waals surface area contributed by atoms with Crippen molar-refractivity contribution in [3.63, 3.8) is 0 Å². The molecule has 112 valence electrons. The van der Waals surface area contributed by atoms with Crippen LogP contribution in [0.1, 0.15) is 16.9 Å². The summed E-state index contributed by atoms with van der Waals surface area (Å²) in [5.41, 5.74) is 5.23. The normalized spacial score (nSPS) is 20.1. The standard InChI is InChI=1S/C11H13N5O4S/c1-16-10(19)5(3-6(17)20-2)21-11(16)15-9-7(8(12)18)13-4-14-9/h4-5H,3H2,1-2H3,(H2,12,18)(H,13,14)/b15-11-. The van der Waals surface area contributed by atoms with E-state index in [-0.39, 0.29) is 23.8 Å². The van der Waals surface area contributed by atoms with Gasteiger partial charge in [0.25, 0.3) is 5.91 Å².